The van der Waals surface area contributed by atoms with E-state index in [-0.39, 0.29) is 23.6 Å². The van der Waals surface area contributed by atoms with E-state index in [2.05, 4.69) is 17.1 Å². The molecule has 0 spiro atoms. The molecule has 180 valence electrons. The number of pyridine rings is 1. The summed E-state index contributed by atoms with van der Waals surface area (Å²) in [5, 5.41) is 30.6. The van der Waals surface area contributed by atoms with Crippen molar-refractivity contribution in [2.75, 3.05) is 0 Å². The largest absolute Gasteiger partial charge is 0.506 e. The highest BCUT2D eigenvalue weighted by atomic mass is 16.5. The van der Waals surface area contributed by atoms with E-state index in [9.17, 15) is 9.90 Å². The minimum Gasteiger partial charge on any atom is -0.506 e. The van der Waals surface area contributed by atoms with Crippen LogP contribution in [0, 0.1) is 19.3 Å². The molecule has 2 aromatic carbocycles. The first kappa shape index (κ1) is 23.9. The summed E-state index contributed by atoms with van der Waals surface area (Å²) < 4.78 is 10.8. The quantitative estimate of drug-likeness (QED) is 0.240. The van der Waals surface area contributed by atoms with Crippen molar-refractivity contribution in [3.05, 3.63) is 80.9 Å². The van der Waals surface area contributed by atoms with Crippen molar-refractivity contribution in [2.45, 2.75) is 46.5 Å². The van der Waals surface area contributed by atoms with E-state index in [0.29, 0.717) is 29.0 Å². The topological polar surface area (TPSA) is 138 Å². The summed E-state index contributed by atoms with van der Waals surface area (Å²) in [5.41, 5.74) is 4.17. The monoisotopic (exact) mass is 473 g/mol. The molecule has 0 aliphatic heterocycles. The van der Waals surface area contributed by atoms with Gasteiger partial charge in [-0.1, -0.05) is 48.8 Å². The van der Waals surface area contributed by atoms with Crippen molar-refractivity contribution in [1.82, 2.24) is 10.1 Å². The molecule has 4 aromatic rings. The number of hydrogen-bond donors (Lipinski definition) is 4. The molecule has 2 heterocycles. The minimum absolute atomic E-state index is 0.0449. The molecule has 0 atom stereocenters. The molecular weight excluding hydrogens is 444 g/mol. The van der Waals surface area contributed by atoms with Gasteiger partial charge in [-0.3, -0.25) is 10.2 Å². The zero-order valence-electron chi connectivity index (χ0n) is 20.1. The van der Waals surface area contributed by atoms with E-state index < -0.39 is 11.5 Å². The Morgan fingerprint density at radius 3 is 2.57 bits per heavy atom. The van der Waals surface area contributed by atoms with Crippen molar-refractivity contribution < 1.29 is 19.8 Å². The maximum absolute atomic E-state index is 13.0. The molecule has 0 radical (unpaired) electrons. The fraction of sp³-hybridized carbons (Fsp3) is 0.259. The van der Waals surface area contributed by atoms with Crippen LogP contribution in [0.25, 0.3) is 22.1 Å². The normalized spacial score (nSPS) is 11.1. The van der Waals surface area contributed by atoms with Crippen molar-refractivity contribution >= 4 is 22.8 Å². The zero-order chi connectivity index (χ0) is 25.1. The Labute approximate surface area is 202 Å². The molecule has 8 nitrogen and oxygen atoms in total. The summed E-state index contributed by atoms with van der Waals surface area (Å²) in [6.07, 6.45) is 2.44. The van der Waals surface area contributed by atoms with Gasteiger partial charge in [-0.2, -0.15) is 0 Å². The van der Waals surface area contributed by atoms with Crippen molar-refractivity contribution in [2.24, 2.45) is 0 Å². The van der Waals surface area contributed by atoms with Gasteiger partial charge in [-0.25, -0.2) is 5.41 Å². The maximum Gasteiger partial charge on any atom is 0.346 e. The van der Waals surface area contributed by atoms with Gasteiger partial charge in [0.1, 0.15) is 23.4 Å². The molecule has 0 saturated heterocycles. The van der Waals surface area contributed by atoms with Gasteiger partial charge >= 0.3 is 5.90 Å². The molecule has 4 rings (SSSR count). The number of unbranched alkanes of at least 4 members (excludes halogenated alkanes) is 1. The predicted molar refractivity (Wildman–Crippen MR) is 135 cm³/mol. The molecule has 0 aliphatic rings. The summed E-state index contributed by atoms with van der Waals surface area (Å²) in [7, 11) is 0. The number of ether oxygens (including phenoxy) is 1. The van der Waals surface area contributed by atoms with Crippen LogP contribution in [0.15, 0.2) is 51.8 Å². The SMILES string of the molecule is CCCCc1[nH]c(=O)c(C(=N)OC(=[NH2+])Cc2noc3ccccc23)c(O)c1-c1c(C)cccc1C. The number of aromatic hydroxyl groups is 1. The molecule has 0 saturated carbocycles. The number of hydrogen-bond acceptors (Lipinski definition) is 6. The van der Waals surface area contributed by atoms with Gasteiger partial charge in [0.15, 0.2) is 5.58 Å². The Hall–Kier alpha value is -4.20. The lowest BCUT2D eigenvalue weighted by atomic mass is 9.91. The van der Waals surface area contributed by atoms with Gasteiger partial charge in [0.2, 0.25) is 5.90 Å². The average molecular weight is 474 g/mol. The number of nitrogens with one attached hydrogen (secondary N) is 2. The molecule has 0 aliphatic carbocycles. The van der Waals surface area contributed by atoms with E-state index in [1.807, 2.05) is 50.2 Å². The molecule has 0 unspecified atom stereocenters. The average Bonchev–Trinajstić information content (AvgIpc) is 3.21. The number of H-pyrrole nitrogens is 1. The molecule has 0 fully saturated rings. The second-order valence-corrected chi connectivity index (χ2v) is 8.60. The lowest BCUT2D eigenvalue weighted by molar-refractivity contribution is -0.134. The molecule has 0 amide bonds. The van der Waals surface area contributed by atoms with Crippen LogP contribution in [0.2, 0.25) is 0 Å². The van der Waals surface area contributed by atoms with E-state index in [1.165, 1.54) is 0 Å². The van der Waals surface area contributed by atoms with Crippen LogP contribution >= 0.6 is 0 Å². The zero-order valence-corrected chi connectivity index (χ0v) is 20.1. The van der Waals surface area contributed by atoms with Gasteiger partial charge in [0.25, 0.3) is 5.56 Å². The summed E-state index contributed by atoms with van der Waals surface area (Å²) >= 11 is 0. The number of fused-ring (bicyclic) bond motifs is 1. The first-order valence-corrected chi connectivity index (χ1v) is 11.6. The number of benzene rings is 2. The minimum atomic E-state index is -0.603. The highest BCUT2D eigenvalue weighted by Gasteiger charge is 2.26. The van der Waals surface area contributed by atoms with Gasteiger partial charge in [0.05, 0.1) is 0 Å². The van der Waals surface area contributed by atoms with E-state index in [4.69, 9.17) is 20.1 Å². The molecule has 0 bridgehead atoms. The fourth-order valence-electron chi connectivity index (χ4n) is 4.32. The van der Waals surface area contributed by atoms with Crippen LogP contribution in [0.1, 0.15) is 47.8 Å². The van der Waals surface area contributed by atoms with E-state index in [1.54, 1.807) is 6.07 Å². The Balaban J connectivity index is 1.70. The Kier molecular flexibility index (Phi) is 6.82. The number of nitrogens with zero attached hydrogens (tertiary/aromatic N) is 1. The molecule has 5 N–H and O–H groups in total. The summed E-state index contributed by atoms with van der Waals surface area (Å²) in [6.45, 7) is 5.96. The number of para-hydroxylation sites is 1. The molecule has 35 heavy (non-hydrogen) atoms. The van der Waals surface area contributed by atoms with Crippen LogP contribution in [-0.4, -0.2) is 27.0 Å². The highest BCUT2D eigenvalue weighted by Crippen LogP contribution is 2.38. The Morgan fingerprint density at radius 1 is 1.14 bits per heavy atom. The molecule has 8 heteroatoms. The second-order valence-electron chi connectivity index (χ2n) is 8.60. The van der Waals surface area contributed by atoms with Gasteiger partial charge in [-0.05, 0) is 55.5 Å². The predicted octanol–water partition coefficient (Wildman–Crippen LogP) is 3.59. The second kappa shape index (κ2) is 9.97. The molecular formula is C27H29N4O4+. The van der Waals surface area contributed by atoms with Crippen LogP contribution < -0.4 is 11.0 Å². The maximum atomic E-state index is 13.0. The third-order valence-electron chi connectivity index (χ3n) is 6.03. The third kappa shape index (κ3) is 4.73. The summed E-state index contributed by atoms with van der Waals surface area (Å²) in [5.74, 6) is -0.873. The Bertz CT molecular complexity index is 1460. The third-order valence-corrected chi connectivity index (χ3v) is 6.03. The lowest BCUT2D eigenvalue weighted by Gasteiger charge is -2.18. The fourth-order valence-corrected chi connectivity index (χ4v) is 4.32. The van der Waals surface area contributed by atoms with Gasteiger partial charge in [-0.15, -0.1) is 0 Å². The van der Waals surface area contributed by atoms with E-state index >= 15 is 0 Å². The van der Waals surface area contributed by atoms with E-state index in [0.717, 1.165) is 34.9 Å². The smallest absolute Gasteiger partial charge is 0.346 e. The number of aromatic nitrogens is 2. The van der Waals surface area contributed by atoms with Crippen molar-refractivity contribution in [3.63, 3.8) is 0 Å². The van der Waals surface area contributed by atoms with Crippen LogP contribution in [0.4, 0.5) is 0 Å². The summed E-state index contributed by atoms with van der Waals surface area (Å²) in [4.78, 5) is 15.9. The number of rotatable bonds is 7. The van der Waals surface area contributed by atoms with Crippen molar-refractivity contribution in [1.29, 1.82) is 5.41 Å². The van der Waals surface area contributed by atoms with Crippen molar-refractivity contribution in [3.8, 4) is 16.9 Å². The first-order chi connectivity index (χ1) is 16.8. The summed E-state index contributed by atoms with van der Waals surface area (Å²) in [6, 6.07) is 13.2. The molecule has 2 aromatic heterocycles. The standard InChI is InChI=1S/C27H28N4O4/c1-4-5-12-18-23(22-15(2)9-8-10-16(22)3)25(32)24(27(33)30-18)26(29)34-21(28)14-19-17-11-6-7-13-20(17)35-31-19/h6-11,13,28-29H,4-5,12,14H2,1-3H3,(H2,30,32,33)/p+1. The first-order valence-electron chi connectivity index (χ1n) is 11.6. The van der Waals surface area contributed by atoms with Crippen LogP contribution in [0.5, 0.6) is 5.75 Å². The van der Waals surface area contributed by atoms with Crippen LogP contribution in [0.3, 0.4) is 0 Å². The van der Waals surface area contributed by atoms with Gasteiger partial charge in [0, 0.05) is 16.6 Å². The highest BCUT2D eigenvalue weighted by molar-refractivity contribution is 6.03. The van der Waals surface area contributed by atoms with Crippen LogP contribution in [-0.2, 0) is 17.6 Å². The number of aromatic amines is 1. The Morgan fingerprint density at radius 2 is 1.86 bits per heavy atom. The number of aryl methyl sites for hydroxylation is 3. The van der Waals surface area contributed by atoms with Gasteiger partial charge < -0.3 is 19.4 Å². The number of nitrogens with two attached hydrogens (primary N) is 1. The lowest BCUT2D eigenvalue weighted by Crippen LogP contribution is -2.44.